The molecule has 1 aliphatic carbocycles. The molecule has 0 saturated heterocycles. The first-order valence-corrected chi connectivity index (χ1v) is 8.58. The van der Waals surface area contributed by atoms with Gasteiger partial charge in [0.15, 0.2) is 6.10 Å². The van der Waals surface area contributed by atoms with Crippen LogP contribution in [0.25, 0.3) is 0 Å². The predicted octanol–water partition coefficient (Wildman–Crippen LogP) is 0.737. The van der Waals surface area contributed by atoms with E-state index in [4.69, 9.17) is 27.0 Å². The Morgan fingerprint density at radius 1 is 1.13 bits per heavy atom. The van der Waals surface area contributed by atoms with Gasteiger partial charge in [0.1, 0.15) is 6.04 Å². The first kappa shape index (κ1) is 19.9. The van der Waals surface area contributed by atoms with Gasteiger partial charge < -0.3 is 27.0 Å². The maximum absolute atomic E-state index is 12.0. The summed E-state index contributed by atoms with van der Waals surface area (Å²) in [4.78, 5) is 23.2. The molecule has 0 spiro atoms. The molecule has 0 bridgehead atoms. The van der Waals surface area contributed by atoms with E-state index in [1.165, 1.54) is 0 Å². The summed E-state index contributed by atoms with van der Waals surface area (Å²) in [6.45, 7) is 0.577. The van der Waals surface area contributed by atoms with Crippen LogP contribution in [-0.4, -0.2) is 41.8 Å². The van der Waals surface area contributed by atoms with Crippen molar-refractivity contribution in [1.82, 2.24) is 0 Å². The second-order valence-electron chi connectivity index (χ2n) is 6.52. The molecule has 1 aliphatic rings. The lowest BCUT2D eigenvalue weighted by Gasteiger charge is -2.27. The third-order valence-corrected chi connectivity index (χ3v) is 4.49. The third kappa shape index (κ3) is 7.76. The fraction of sp³-hybridized carbons (Fsp3) is 0.875. The zero-order chi connectivity index (χ0) is 17.2. The maximum Gasteiger partial charge on any atom is 0.345 e. The molecule has 0 heterocycles. The average Bonchev–Trinajstić information content (AvgIpc) is 2.52. The van der Waals surface area contributed by atoms with E-state index in [1.54, 1.807) is 0 Å². The minimum Gasteiger partial charge on any atom is -0.479 e. The van der Waals surface area contributed by atoms with Crippen molar-refractivity contribution in [2.75, 3.05) is 6.54 Å². The van der Waals surface area contributed by atoms with Crippen LogP contribution in [0.1, 0.15) is 57.8 Å². The second kappa shape index (κ2) is 10.6. The Labute approximate surface area is 137 Å². The van der Waals surface area contributed by atoms with Crippen molar-refractivity contribution in [2.24, 2.45) is 23.1 Å². The van der Waals surface area contributed by atoms with Crippen LogP contribution in [0.3, 0.4) is 0 Å². The van der Waals surface area contributed by atoms with Gasteiger partial charge in [0.25, 0.3) is 0 Å². The highest BCUT2D eigenvalue weighted by Crippen LogP contribution is 2.27. The summed E-state index contributed by atoms with van der Waals surface area (Å²) in [6, 6.07) is -0.514. The van der Waals surface area contributed by atoms with Gasteiger partial charge in [0.2, 0.25) is 0 Å². The van der Waals surface area contributed by atoms with Crippen molar-refractivity contribution in [3.63, 3.8) is 0 Å². The van der Waals surface area contributed by atoms with Gasteiger partial charge in [0.05, 0.1) is 0 Å². The number of carbonyl (C=O) groups is 2. The summed E-state index contributed by atoms with van der Waals surface area (Å²) in [7, 11) is 0. The summed E-state index contributed by atoms with van der Waals surface area (Å²) in [5.41, 5.74) is 17.1. The molecule has 1 rings (SSSR count). The first-order chi connectivity index (χ1) is 10.9. The predicted molar refractivity (Wildman–Crippen MR) is 87.6 cm³/mol. The van der Waals surface area contributed by atoms with Gasteiger partial charge in [-0.15, -0.1) is 0 Å². The molecule has 7 heteroatoms. The molecule has 134 valence electrons. The highest BCUT2D eigenvalue weighted by molar-refractivity contribution is 5.80. The van der Waals surface area contributed by atoms with Gasteiger partial charge in [-0.2, -0.15) is 0 Å². The topological polar surface area (TPSA) is 142 Å². The molecule has 0 aromatic rings. The largest absolute Gasteiger partial charge is 0.479 e. The first-order valence-electron chi connectivity index (χ1n) is 8.58. The highest BCUT2D eigenvalue weighted by atomic mass is 16.6. The van der Waals surface area contributed by atoms with E-state index in [9.17, 15) is 9.59 Å². The van der Waals surface area contributed by atoms with E-state index >= 15 is 0 Å². The summed E-state index contributed by atoms with van der Waals surface area (Å²) in [5.74, 6) is -1.38. The summed E-state index contributed by atoms with van der Waals surface area (Å²) in [6.07, 6.45) is 5.86. The molecule has 0 radical (unpaired) electrons. The Morgan fingerprint density at radius 2 is 1.78 bits per heavy atom. The fourth-order valence-corrected chi connectivity index (χ4v) is 2.99. The molecular weight excluding hydrogens is 298 g/mol. The monoisotopic (exact) mass is 329 g/mol. The minimum absolute atomic E-state index is 0.249. The van der Waals surface area contributed by atoms with Gasteiger partial charge in [0, 0.05) is 6.04 Å². The summed E-state index contributed by atoms with van der Waals surface area (Å²) >= 11 is 0. The van der Waals surface area contributed by atoms with Crippen molar-refractivity contribution in [3.05, 3.63) is 0 Å². The third-order valence-electron chi connectivity index (χ3n) is 4.49. The number of esters is 1. The van der Waals surface area contributed by atoms with E-state index in [2.05, 4.69) is 0 Å². The Morgan fingerprint density at radius 3 is 2.35 bits per heavy atom. The number of hydrogen-bond donors (Lipinski definition) is 4. The molecule has 7 nitrogen and oxygen atoms in total. The van der Waals surface area contributed by atoms with Crippen molar-refractivity contribution in [1.29, 1.82) is 0 Å². The van der Waals surface area contributed by atoms with E-state index in [0.29, 0.717) is 31.7 Å². The lowest BCUT2D eigenvalue weighted by Crippen LogP contribution is -2.39. The molecule has 23 heavy (non-hydrogen) atoms. The van der Waals surface area contributed by atoms with Crippen LogP contribution < -0.4 is 17.2 Å². The van der Waals surface area contributed by atoms with Gasteiger partial charge in [-0.3, -0.25) is 4.79 Å². The van der Waals surface area contributed by atoms with Crippen LogP contribution in [0.15, 0.2) is 0 Å². The standard InChI is InChI=1S/C16H31N3O4/c17-9-3-1-2-4-14(15(20)21)23-16(22)13(19)10-11-5-7-12(18)8-6-11/h11-14H,1-10,17-19H2,(H,20,21)/t11?,12?,13-,14?/m0/s1. The van der Waals surface area contributed by atoms with Crippen LogP contribution in [0, 0.1) is 5.92 Å². The number of carboxylic acids is 1. The van der Waals surface area contributed by atoms with Crippen LogP contribution in [0.5, 0.6) is 0 Å². The van der Waals surface area contributed by atoms with Gasteiger partial charge in [-0.25, -0.2) is 4.79 Å². The Balaban J connectivity index is 2.36. The summed E-state index contributed by atoms with van der Waals surface area (Å²) in [5, 5.41) is 9.15. The lowest BCUT2D eigenvalue weighted by atomic mass is 9.83. The molecule has 1 unspecified atom stereocenters. The van der Waals surface area contributed by atoms with Gasteiger partial charge in [-0.05, 0) is 63.8 Å². The number of unbranched alkanes of at least 4 members (excludes halogenated alkanes) is 2. The number of ether oxygens (including phenoxy) is 1. The Kier molecular flexibility index (Phi) is 9.13. The van der Waals surface area contributed by atoms with Crippen molar-refractivity contribution < 1.29 is 19.4 Å². The minimum atomic E-state index is -1.12. The van der Waals surface area contributed by atoms with E-state index < -0.39 is 24.1 Å². The lowest BCUT2D eigenvalue weighted by molar-refractivity contribution is -0.165. The Bertz CT molecular complexity index is 370. The Hall–Kier alpha value is -1.18. The zero-order valence-corrected chi connectivity index (χ0v) is 13.8. The van der Waals surface area contributed by atoms with Gasteiger partial charge in [-0.1, -0.05) is 6.42 Å². The van der Waals surface area contributed by atoms with Crippen molar-refractivity contribution >= 4 is 11.9 Å². The SMILES string of the molecule is NCCCCCC(OC(=O)[C@@H](N)CC1CCC(N)CC1)C(=O)O. The van der Waals surface area contributed by atoms with E-state index in [-0.39, 0.29) is 6.04 Å². The molecule has 0 aromatic carbocycles. The average molecular weight is 329 g/mol. The number of carboxylic acid groups (broad SMARTS) is 1. The van der Waals surface area contributed by atoms with E-state index in [1.807, 2.05) is 0 Å². The quantitative estimate of drug-likeness (QED) is 0.342. The number of hydrogen-bond acceptors (Lipinski definition) is 6. The molecule has 0 aliphatic heterocycles. The van der Waals surface area contributed by atoms with Crippen LogP contribution >= 0.6 is 0 Å². The molecular formula is C16H31N3O4. The normalized spacial score (nSPS) is 24.0. The van der Waals surface area contributed by atoms with Gasteiger partial charge >= 0.3 is 11.9 Å². The smallest absolute Gasteiger partial charge is 0.345 e. The molecule has 0 amide bonds. The molecule has 1 fully saturated rings. The van der Waals surface area contributed by atoms with Crippen molar-refractivity contribution in [3.8, 4) is 0 Å². The highest BCUT2D eigenvalue weighted by Gasteiger charge is 2.28. The number of carbonyl (C=O) groups excluding carboxylic acids is 1. The van der Waals surface area contributed by atoms with Crippen LogP contribution in [0.4, 0.5) is 0 Å². The zero-order valence-electron chi connectivity index (χ0n) is 13.8. The number of nitrogens with two attached hydrogens (primary N) is 3. The van der Waals surface area contributed by atoms with Crippen LogP contribution in [0.2, 0.25) is 0 Å². The van der Waals surface area contributed by atoms with Crippen LogP contribution in [-0.2, 0) is 14.3 Å². The molecule has 2 atom stereocenters. The molecule has 0 aromatic heterocycles. The van der Waals surface area contributed by atoms with Crippen molar-refractivity contribution in [2.45, 2.75) is 76.0 Å². The fourth-order valence-electron chi connectivity index (χ4n) is 2.99. The second-order valence-corrected chi connectivity index (χ2v) is 6.52. The number of aliphatic carboxylic acids is 1. The summed E-state index contributed by atoms with van der Waals surface area (Å²) < 4.78 is 5.10. The molecule has 1 saturated carbocycles. The molecule has 7 N–H and O–H groups in total. The maximum atomic E-state index is 12.0. The van der Waals surface area contributed by atoms with E-state index in [0.717, 1.165) is 38.5 Å². The number of rotatable bonds is 10.